The molecule has 1 N–H and O–H groups in total. The lowest BCUT2D eigenvalue weighted by Crippen LogP contribution is -2.44. The molecule has 0 saturated heterocycles. The molecule has 4 heteroatoms. The number of anilines is 1. The first-order valence-corrected chi connectivity index (χ1v) is 8.63. The topological polar surface area (TPSA) is 41.6 Å². The average Bonchev–Trinajstić information content (AvgIpc) is 2.64. The minimum Gasteiger partial charge on any atom is -0.492 e. The van der Waals surface area contributed by atoms with E-state index in [1.165, 1.54) is 11.1 Å². The summed E-state index contributed by atoms with van der Waals surface area (Å²) in [5, 5.41) is 2.95. The quantitative estimate of drug-likeness (QED) is 0.850. The van der Waals surface area contributed by atoms with Gasteiger partial charge in [-0.1, -0.05) is 37.3 Å². The Bertz CT molecular complexity index is 700. The molecule has 3 rings (SSSR count). The number of benzene rings is 2. The van der Waals surface area contributed by atoms with Crippen molar-refractivity contribution in [1.82, 2.24) is 5.32 Å². The molecule has 1 aliphatic heterocycles. The third kappa shape index (κ3) is 3.88. The Kier molecular flexibility index (Phi) is 5.36. The Labute approximate surface area is 143 Å². The van der Waals surface area contributed by atoms with Gasteiger partial charge in [-0.25, -0.2) is 4.79 Å². The number of hydrogen-bond donors (Lipinski definition) is 1. The van der Waals surface area contributed by atoms with Gasteiger partial charge in [0, 0.05) is 12.2 Å². The molecule has 2 amide bonds. The molecule has 2 aromatic rings. The second-order valence-electron chi connectivity index (χ2n) is 5.97. The number of para-hydroxylation sites is 1. The van der Waals surface area contributed by atoms with E-state index < -0.39 is 0 Å². The standard InChI is InChI=1S/C20H24N2O2/c1-2-16-7-5-10-18(15-16)24-14-12-21-20(23)22-13-6-9-17-8-3-4-11-19(17)22/h3-5,7-8,10-11,15H,2,6,9,12-14H2,1H3,(H,21,23). The first-order chi connectivity index (χ1) is 11.8. The Morgan fingerprint density at radius 3 is 2.96 bits per heavy atom. The van der Waals surface area contributed by atoms with Crippen molar-refractivity contribution in [3.63, 3.8) is 0 Å². The minimum absolute atomic E-state index is 0.0481. The van der Waals surface area contributed by atoms with Gasteiger partial charge in [-0.2, -0.15) is 0 Å². The van der Waals surface area contributed by atoms with Gasteiger partial charge in [0.05, 0.1) is 6.54 Å². The molecule has 1 aliphatic rings. The van der Waals surface area contributed by atoms with Crippen LogP contribution in [0.15, 0.2) is 48.5 Å². The summed E-state index contributed by atoms with van der Waals surface area (Å²) in [4.78, 5) is 14.3. The highest BCUT2D eigenvalue weighted by molar-refractivity contribution is 5.93. The zero-order valence-corrected chi connectivity index (χ0v) is 14.1. The normalized spacial score (nSPS) is 13.3. The molecule has 0 radical (unpaired) electrons. The van der Waals surface area contributed by atoms with E-state index in [0.717, 1.165) is 37.2 Å². The number of carbonyl (C=O) groups is 1. The summed E-state index contributed by atoms with van der Waals surface area (Å²) in [7, 11) is 0. The lowest BCUT2D eigenvalue weighted by molar-refractivity contribution is 0.241. The maximum Gasteiger partial charge on any atom is 0.321 e. The maximum atomic E-state index is 12.4. The van der Waals surface area contributed by atoms with Crippen molar-refractivity contribution in [3.05, 3.63) is 59.7 Å². The summed E-state index contributed by atoms with van der Waals surface area (Å²) in [5.41, 5.74) is 3.52. The second kappa shape index (κ2) is 7.86. The highest BCUT2D eigenvalue weighted by Gasteiger charge is 2.21. The molecule has 0 spiro atoms. The number of fused-ring (bicyclic) bond motifs is 1. The number of urea groups is 1. The van der Waals surface area contributed by atoms with Crippen LogP contribution in [-0.4, -0.2) is 25.7 Å². The van der Waals surface area contributed by atoms with Crippen LogP contribution < -0.4 is 15.0 Å². The molecule has 1 heterocycles. The third-order valence-electron chi connectivity index (χ3n) is 4.31. The van der Waals surface area contributed by atoms with Gasteiger partial charge in [-0.15, -0.1) is 0 Å². The van der Waals surface area contributed by atoms with Crippen LogP contribution in [0.1, 0.15) is 24.5 Å². The summed E-state index contributed by atoms with van der Waals surface area (Å²) in [6.07, 6.45) is 3.03. The molecular weight excluding hydrogens is 300 g/mol. The van der Waals surface area contributed by atoms with Crippen LogP contribution in [0, 0.1) is 0 Å². The van der Waals surface area contributed by atoms with Gasteiger partial charge in [0.25, 0.3) is 0 Å². The lowest BCUT2D eigenvalue weighted by atomic mass is 10.0. The second-order valence-corrected chi connectivity index (χ2v) is 5.97. The smallest absolute Gasteiger partial charge is 0.321 e. The van der Waals surface area contributed by atoms with Crippen LogP contribution >= 0.6 is 0 Å². The molecule has 0 fully saturated rings. The summed E-state index contributed by atoms with van der Waals surface area (Å²) in [5.74, 6) is 0.854. The molecule has 0 atom stereocenters. The fraction of sp³-hybridized carbons (Fsp3) is 0.350. The van der Waals surface area contributed by atoms with E-state index in [4.69, 9.17) is 4.74 Å². The van der Waals surface area contributed by atoms with Crippen LogP contribution in [0.2, 0.25) is 0 Å². The summed E-state index contributed by atoms with van der Waals surface area (Å²) in [6.45, 7) is 3.85. The van der Waals surface area contributed by atoms with Gasteiger partial charge in [-0.05, 0) is 48.6 Å². The number of rotatable bonds is 5. The molecule has 0 bridgehead atoms. The number of amides is 2. The third-order valence-corrected chi connectivity index (χ3v) is 4.31. The zero-order valence-electron chi connectivity index (χ0n) is 14.1. The van der Waals surface area contributed by atoms with Crippen molar-refractivity contribution in [2.45, 2.75) is 26.2 Å². The van der Waals surface area contributed by atoms with Crippen LogP contribution in [-0.2, 0) is 12.8 Å². The Hall–Kier alpha value is -2.49. The van der Waals surface area contributed by atoms with Crippen LogP contribution in [0.25, 0.3) is 0 Å². The molecule has 4 nitrogen and oxygen atoms in total. The highest BCUT2D eigenvalue weighted by Crippen LogP contribution is 2.26. The monoisotopic (exact) mass is 324 g/mol. The fourth-order valence-electron chi connectivity index (χ4n) is 3.02. The SMILES string of the molecule is CCc1cccc(OCCNC(=O)N2CCCc3ccccc32)c1. The number of aryl methyl sites for hydroxylation is 2. The Balaban J connectivity index is 1.50. The first-order valence-electron chi connectivity index (χ1n) is 8.63. The van der Waals surface area contributed by atoms with Crippen molar-refractivity contribution in [3.8, 4) is 5.75 Å². The molecule has 126 valence electrons. The molecular formula is C20H24N2O2. The van der Waals surface area contributed by atoms with Gasteiger partial charge in [0.1, 0.15) is 12.4 Å². The van der Waals surface area contributed by atoms with Gasteiger partial charge in [-0.3, -0.25) is 4.90 Å². The average molecular weight is 324 g/mol. The van der Waals surface area contributed by atoms with Gasteiger partial charge < -0.3 is 10.1 Å². The number of hydrogen-bond acceptors (Lipinski definition) is 2. The summed E-state index contributed by atoms with van der Waals surface area (Å²) < 4.78 is 5.72. The van der Waals surface area contributed by atoms with E-state index in [1.807, 2.05) is 41.3 Å². The first kappa shape index (κ1) is 16.4. The number of nitrogens with zero attached hydrogens (tertiary/aromatic N) is 1. The van der Waals surface area contributed by atoms with Gasteiger partial charge in [0.15, 0.2) is 0 Å². The van der Waals surface area contributed by atoms with Crippen molar-refractivity contribution in [2.75, 3.05) is 24.6 Å². The van der Waals surface area contributed by atoms with Gasteiger partial charge in [0.2, 0.25) is 0 Å². The minimum atomic E-state index is -0.0481. The van der Waals surface area contributed by atoms with Crippen LogP contribution in [0.3, 0.4) is 0 Å². The van der Waals surface area contributed by atoms with E-state index >= 15 is 0 Å². The molecule has 0 aromatic heterocycles. The molecule has 2 aromatic carbocycles. The van der Waals surface area contributed by atoms with E-state index in [2.05, 4.69) is 24.4 Å². The van der Waals surface area contributed by atoms with Crippen LogP contribution in [0.5, 0.6) is 5.75 Å². The number of nitrogens with one attached hydrogen (secondary N) is 1. The predicted molar refractivity (Wildman–Crippen MR) is 96.8 cm³/mol. The van der Waals surface area contributed by atoms with E-state index in [-0.39, 0.29) is 6.03 Å². The zero-order chi connectivity index (χ0) is 16.8. The Morgan fingerprint density at radius 2 is 2.08 bits per heavy atom. The Morgan fingerprint density at radius 1 is 1.21 bits per heavy atom. The highest BCUT2D eigenvalue weighted by atomic mass is 16.5. The van der Waals surface area contributed by atoms with Crippen molar-refractivity contribution < 1.29 is 9.53 Å². The number of carbonyl (C=O) groups excluding carboxylic acids is 1. The maximum absolute atomic E-state index is 12.4. The predicted octanol–water partition coefficient (Wildman–Crippen LogP) is 3.79. The van der Waals surface area contributed by atoms with E-state index in [0.29, 0.717) is 13.2 Å². The summed E-state index contributed by atoms with van der Waals surface area (Å²) >= 11 is 0. The van der Waals surface area contributed by atoms with Crippen molar-refractivity contribution >= 4 is 11.7 Å². The largest absolute Gasteiger partial charge is 0.492 e. The molecule has 0 saturated carbocycles. The van der Waals surface area contributed by atoms with E-state index in [1.54, 1.807) is 0 Å². The lowest BCUT2D eigenvalue weighted by Gasteiger charge is -2.29. The van der Waals surface area contributed by atoms with Crippen molar-refractivity contribution in [1.29, 1.82) is 0 Å². The molecule has 24 heavy (non-hydrogen) atoms. The fourth-order valence-corrected chi connectivity index (χ4v) is 3.02. The van der Waals surface area contributed by atoms with E-state index in [9.17, 15) is 4.79 Å². The van der Waals surface area contributed by atoms with Gasteiger partial charge >= 0.3 is 6.03 Å². The molecule has 0 unspecified atom stereocenters. The molecule has 0 aliphatic carbocycles. The van der Waals surface area contributed by atoms with Crippen LogP contribution in [0.4, 0.5) is 10.5 Å². The van der Waals surface area contributed by atoms with Crippen molar-refractivity contribution in [2.24, 2.45) is 0 Å². The number of ether oxygens (including phenoxy) is 1. The summed E-state index contributed by atoms with van der Waals surface area (Å²) in [6, 6.07) is 16.1.